The molecule has 1 N–H and O–H groups in total. The van der Waals surface area contributed by atoms with Crippen LogP contribution in [0.25, 0.3) is 0 Å². The van der Waals surface area contributed by atoms with Gasteiger partial charge in [-0.1, -0.05) is 48.0 Å². The number of carbonyl (C=O) groups is 1. The second-order valence-corrected chi connectivity index (χ2v) is 6.89. The van der Waals surface area contributed by atoms with Crippen LogP contribution in [0, 0.1) is 17.8 Å². The van der Waals surface area contributed by atoms with Crippen LogP contribution in [0.1, 0.15) is 70.4 Å². The topological polar surface area (TPSA) is 46.9 Å². The Bertz CT molecular complexity index is 463. The number of carbonyl (C=O) groups excluding carboxylic acids is 1. The van der Waals surface area contributed by atoms with Gasteiger partial charge in [-0.05, 0) is 30.6 Å². The lowest BCUT2D eigenvalue weighted by Gasteiger charge is -2.19. The van der Waals surface area contributed by atoms with Crippen LogP contribution in [-0.4, -0.2) is 22.2 Å². The summed E-state index contributed by atoms with van der Waals surface area (Å²) in [6.07, 6.45) is 4.74. The largest absolute Gasteiger partial charge is 0.352 e. The summed E-state index contributed by atoms with van der Waals surface area (Å²) in [5, 5.41) is 7.51. The maximum Gasteiger partial charge on any atom is 0.254 e. The van der Waals surface area contributed by atoms with Crippen LogP contribution in [-0.2, 0) is 13.0 Å². The Kier molecular flexibility index (Phi) is 7.63. The van der Waals surface area contributed by atoms with Gasteiger partial charge in [-0.25, -0.2) is 0 Å². The fourth-order valence-corrected chi connectivity index (χ4v) is 2.72. The van der Waals surface area contributed by atoms with E-state index in [2.05, 4.69) is 52.0 Å². The van der Waals surface area contributed by atoms with Crippen molar-refractivity contribution in [3.8, 4) is 0 Å². The van der Waals surface area contributed by atoms with Crippen molar-refractivity contribution in [3.05, 3.63) is 17.5 Å². The van der Waals surface area contributed by atoms with Crippen molar-refractivity contribution in [3.63, 3.8) is 0 Å². The summed E-state index contributed by atoms with van der Waals surface area (Å²) in [7, 11) is 0. The van der Waals surface area contributed by atoms with Crippen molar-refractivity contribution in [2.45, 2.75) is 67.3 Å². The molecule has 0 bridgehead atoms. The smallest absolute Gasteiger partial charge is 0.254 e. The zero-order chi connectivity index (χ0) is 16.7. The molecule has 0 aliphatic rings. The average molecular weight is 307 g/mol. The normalized spacial score (nSPS) is 12.9. The molecule has 1 amide bonds. The summed E-state index contributed by atoms with van der Waals surface area (Å²) in [5.74, 6) is 1.78. The number of nitrogens with one attached hydrogen (secondary N) is 1. The summed E-state index contributed by atoms with van der Waals surface area (Å²) in [5.41, 5.74) is 1.79. The average Bonchev–Trinajstić information content (AvgIpc) is 2.87. The van der Waals surface area contributed by atoms with Gasteiger partial charge < -0.3 is 5.32 Å². The Labute approximate surface area is 135 Å². The number of aryl methyl sites for hydroxylation is 1. The minimum absolute atomic E-state index is 0.0201. The Morgan fingerprint density at radius 1 is 1.27 bits per heavy atom. The third-order valence-corrected chi connectivity index (χ3v) is 4.44. The van der Waals surface area contributed by atoms with E-state index in [1.807, 2.05) is 4.68 Å². The molecule has 0 aromatic carbocycles. The van der Waals surface area contributed by atoms with E-state index in [-0.39, 0.29) is 5.91 Å². The lowest BCUT2D eigenvalue weighted by atomic mass is 9.93. The quantitative estimate of drug-likeness (QED) is 0.752. The van der Waals surface area contributed by atoms with Crippen LogP contribution < -0.4 is 5.32 Å². The summed E-state index contributed by atoms with van der Waals surface area (Å²) < 4.78 is 1.99. The van der Waals surface area contributed by atoms with Gasteiger partial charge in [0.2, 0.25) is 0 Å². The molecular formula is C18H33N3O. The van der Waals surface area contributed by atoms with E-state index in [4.69, 9.17) is 0 Å². The Hall–Kier alpha value is -1.32. The predicted molar refractivity (Wildman–Crippen MR) is 92.0 cm³/mol. The molecule has 1 aromatic rings. The molecular weight excluding hydrogens is 274 g/mol. The van der Waals surface area contributed by atoms with E-state index >= 15 is 0 Å². The minimum Gasteiger partial charge on any atom is -0.352 e. The second-order valence-electron chi connectivity index (χ2n) is 6.89. The monoisotopic (exact) mass is 307 g/mol. The van der Waals surface area contributed by atoms with Crippen LogP contribution >= 0.6 is 0 Å². The van der Waals surface area contributed by atoms with Gasteiger partial charge in [0, 0.05) is 13.1 Å². The van der Waals surface area contributed by atoms with E-state index in [1.165, 1.54) is 0 Å². The van der Waals surface area contributed by atoms with Crippen LogP contribution in [0.2, 0.25) is 0 Å². The Morgan fingerprint density at radius 2 is 1.95 bits per heavy atom. The van der Waals surface area contributed by atoms with Crippen LogP contribution in [0.15, 0.2) is 6.20 Å². The number of hydrogen-bond acceptors (Lipinski definition) is 2. The van der Waals surface area contributed by atoms with Crippen molar-refractivity contribution >= 4 is 5.91 Å². The Balaban J connectivity index is 2.72. The van der Waals surface area contributed by atoms with Gasteiger partial charge in [0.1, 0.15) is 0 Å². The number of nitrogens with zero attached hydrogens (tertiary/aromatic N) is 2. The predicted octanol–water partition coefficient (Wildman–Crippen LogP) is 3.90. The van der Waals surface area contributed by atoms with Gasteiger partial charge in [0.25, 0.3) is 5.91 Å². The highest BCUT2D eigenvalue weighted by molar-refractivity contribution is 5.95. The first-order chi connectivity index (χ1) is 10.4. The molecule has 0 radical (unpaired) electrons. The molecule has 1 unspecified atom stereocenters. The number of aromatic nitrogens is 2. The molecule has 4 heteroatoms. The lowest BCUT2D eigenvalue weighted by Crippen LogP contribution is -2.31. The summed E-state index contributed by atoms with van der Waals surface area (Å²) in [4.78, 5) is 12.5. The molecule has 0 saturated carbocycles. The zero-order valence-corrected chi connectivity index (χ0v) is 15.1. The molecule has 0 saturated heterocycles. The van der Waals surface area contributed by atoms with Gasteiger partial charge in [-0.2, -0.15) is 5.10 Å². The first-order valence-corrected chi connectivity index (χ1v) is 8.73. The second kappa shape index (κ2) is 8.96. The van der Waals surface area contributed by atoms with Crippen molar-refractivity contribution in [1.29, 1.82) is 0 Å². The zero-order valence-electron chi connectivity index (χ0n) is 15.1. The van der Waals surface area contributed by atoms with Crippen LogP contribution in [0.3, 0.4) is 0 Å². The molecule has 1 atom stereocenters. The van der Waals surface area contributed by atoms with E-state index in [1.54, 1.807) is 6.20 Å². The van der Waals surface area contributed by atoms with E-state index in [9.17, 15) is 4.79 Å². The number of hydrogen-bond donors (Lipinski definition) is 1. The van der Waals surface area contributed by atoms with Gasteiger partial charge in [-0.3, -0.25) is 9.48 Å². The van der Waals surface area contributed by atoms with E-state index < -0.39 is 0 Å². The molecule has 0 fully saturated rings. The van der Waals surface area contributed by atoms with Crippen molar-refractivity contribution in [2.75, 3.05) is 6.54 Å². The third kappa shape index (κ3) is 5.15. The van der Waals surface area contributed by atoms with Crippen LogP contribution in [0.5, 0.6) is 0 Å². The van der Waals surface area contributed by atoms with E-state index in [0.717, 1.165) is 43.6 Å². The Morgan fingerprint density at radius 3 is 2.45 bits per heavy atom. The van der Waals surface area contributed by atoms with Crippen molar-refractivity contribution < 1.29 is 4.79 Å². The third-order valence-electron chi connectivity index (χ3n) is 4.44. The van der Waals surface area contributed by atoms with Crippen molar-refractivity contribution in [2.24, 2.45) is 17.8 Å². The number of rotatable bonds is 9. The molecule has 1 aromatic heterocycles. The highest BCUT2D eigenvalue weighted by atomic mass is 16.1. The lowest BCUT2D eigenvalue weighted by molar-refractivity contribution is 0.0941. The fraction of sp³-hybridized carbons (Fsp3) is 0.778. The molecule has 1 rings (SSSR count). The van der Waals surface area contributed by atoms with Gasteiger partial charge in [-0.15, -0.1) is 0 Å². The molecule has 0 aliphatic carbocycles. The first-order valence-electron chi connectivity index (χ1n) is 8.73. The van der Waals surface area contributed by atoms with E-state index in [0.29, 0.717) is 17.8 Å². The highest BCUT2D eigenvalue weighted by Gasteiger charge is 2.18. The SMILES string of the molecule is CCc1c(C(=O)NCC(CC)C(C)C)cnn1CCC(C)C. The molecule has 0 aliphatic heterocycles. The standard InChI is InChI=1S/C18H33N3O/c1-7-15(14(5)6)11-19-18(22)16-12-20-21(17(16)8-2)10-9-13(3)4/h12-15H,7-11H2,1-6H3,(H,19,22). The molecule has 0 spiro atoms. The maximum atomic E-state index is 12.5. The highest BCUT2D eigenvalue weighted by Crippen LogP contribution is 2.15. The summed E-state index contributed by atoms with van der Waals surface area (Å²) >= 11 is 0. The molecule has 22 heavy (non-hydrogen) atoms. The summed E-state index contributed by atoms with van der Waals surface area (Å²) in [6.45, 7) is 14.7. The van der Waals surface area contributed by atoms with Gasteiger partial charge in [0.15, 0.2) is 0 Å². The molecule has 4 nitrogen and oxygen atoms in total. The van der Waals surface area contributed by atoms with Gasteiger partial charge in [0.05, 0.1) is 17.5 Å². The van der Waals surface area contributed by atoms with Crippen molar-refractivity contribution in [1.82, 2.24) is 15.1 Å². The minimum atomic E-state index is 0.0201. The fourth-order valence-electron chi connectivity index (χ4n) is 2.72. The summed E-state index contributed by atoms with van der Waals surface area (Å²) in [6, 6.07) is 0. The molecule has 1 heterocycles. The van der Waals surface area contributed by atoms with Crippen LogP contribution in [0.4, 0.5) is 0 Å². The van der Waals surface area contributed by atoms with Gasteiger partial charge >= 0.3 is 0 Å². The molecule has 126 valence electrons. The number of amides is 1. The first kappa shape index (κ1) is 18.7. The maximum absolute atomic E-state index is 12.5.